The first-order chi connectivity index (χ1) is 9.47. The van der Waals surface area contributed by atoms with E-state index in [4.69, 9.17) is 10.5 Å². The van der Waals surface area contributed by atoms with Gasteiger partial charge in [0.1, 0.15) is 18.2 Å². The molecule has 0 amide bonds. The van der Waals surface area contributed by atoms with Crippen LogP contribution in [0.15, 0.2) is 23.6 Å². The summed E-state index contributed by atoms with van der Waals surface area (Å²) >= 11 is 1.63. The highest BCUT2D eigenvalue weighted by Crippen LogP contribution is 2.26. The van der Waals surface area contributed by atoms with E-state index >= 15 is 0 Å². The number of rotatable bonds is 5. The lowest BCUT2D eigenvalue weighted by Crippen LogP contribution is -2.08. The fraction of sp³-hybridized carbons (Fsp3) is 0.400. The predicted molar refractivity (Wildman–Crippen MR) is 79.5 cm³/mol. The van der Waals surface area contributed by atoms with E-state index in [0.717, 1.165) is 10.7 Å². The average molecular weight is 294 g/mol. The number of hydrogen-bond acceptors (Lipinski definition) is 4. The zero-order valence-electron chi connectivity index (χ0n) is 11.9. The van der Waals surface area contributed by atoms with Crippen LogP contribution in [0.1, 0.15) is 49.0 Å². The van der Waals surface area contributed by atoms with E-state index in [1.54, 1.807) is 24.3 Å². The molecular weight excluding hydrogens is 275 g/mol. The summed E-state index contributed by atoms with van der Waals surface area (Å²) in [7, 11) is 0. The number of aromatic nitrogens is 1. The lowest BCUT2D eigenvalue weighted by molar-refractivity contribution is 0.296. The van der Waals surface area contributed by atoms with Gasteiger partial charge in [0.15, 0.2) is 0 Å². The number of nitrogens with two attached hydrogens (primary N) is 1. The minimum absolute atomic E-state index is 0.276. The molecule has 0 spiro atoms. The Hall–Kier alpha value is -1.46. The van der Waals surface area contributed by atoms with Crippen LogP contribution in [0.4, 0.5) is 4.39 Å². The highest BCUT2D eigenvalue weighted by atomic mass is 32.1. The first kappa shape index (κ1) is 14.9. The number of hydrogen-bond donors (Lipinski definition) is 1. The third kappa shape index (κ3) is 3.55. The van der Waals surface area contributed by atoms with Crippen LogP contribution in [0.2, 0.25) is 0 Å². The molecule has 2 rings (SSSR count). The summed E-state index contributed by atoms with van der Waals surface area (Å²) < 4.78 is 19.0. The molecule has 0 radical (unpaired) electrons. The minimum Gasteiger partial charge on any atom is -0.487 e. The Labute approximate surface area is 122 Å². The third-order valence-corrected chi connectivity index (χ3v) is 4.10. The van der Waals surface area contributed by atoms with E-state index in [1.807, 2.05) is 5.38 Å². The van der Waals surface area contributed by atoms with Gasteiger partial charge < -0.3 is 10.5 Å². The lowest BCUT2D eigenvalue weighted by Gasteiger charge is -2.13. The molecule has 108 valence electrons. The Morgan fingerprint density at radius 1 is 1.35 bits per heavy atom. The minimum atomic E-state index is -0.305. The Morgan fingerprint density at radius 3 is 2.70 bits per heavy atom. The van der Waals surface area contributed by atoms with Gasteiger partial charge in [-0.25, -0.2) is 9.37 Å². The monoisotopic (exact) mass is 294 g/mol. The summed E-state index contributed by atoms with van der Waals surface area (Å²) in [6, 6.07) is 4.13. The number of ether oxygens (including phenoxy) is 1. The normalized spacial score (nSPS) is 12.7. The van der Waals surface area contributed by atoms with Crippen LogP contribution in [-0.4, -0.2) is 4.98 Å². The Bertz CT molecular complexity index is 581. The SMILES string of the molecule is CC(C)c1nc(COc2ccc(F)cc2C(C)N)cs1. The molecule has 1 unspecified atom stereocenters. The summed E-state index contributed by atoms with van der Waals surface area (Å²) in [6.45, 7) is 6.39. The van der Waals surface area contributed by atoms with E-state index in [-0.39, 0.29) is 11.9 Å². The summed E-state index contributed by atoms with van der Waals surface area (Å²) in [5.74, 6) is 0.722. The van der Waals surface area contributed by atoms with Crippen LogP contribution < -0.4 is 10.5 Å². The van der Waals surface area contributed by atoms with Gasteiger partial charge in [0.25, 0.3) is 0 Å². The second kappa shape index (κ2) is 6.33. The number of nitrogens with zero attached hydrogens (tertiary/aromatic N) is 1. The fourth-order valence-corrected chi connectivity index (χ4v) is 2.63. The highest BCUT2D eigenvalue weighted by molar-refractivity contribution is 7.09. The summed E-state index contributed by atoms with van der Waals surface area (Å²) in [6.07, 6.45) is 0. The molecule has 0 fully saturated rings. The number of halogens is 1. The molecule has 0 aliphatic carbocycles. The molecule has 0 saturated carbocycles. The zero-order chi connectivity index (χ0) is 14.7. The van der Waals surface area contributed by atoms with Gasteiger partial charge >= 0.3 is 0 Å². The van der Waals surface area contributed by atoms with Crippen molar-refractivity contribution in [2.24, 2.45) is 5.73 Å². The van der Waals surface area contributed by atoms with E-state index < -0.39 is 0 Å². The zero-order valence-corrected chi connectivity index (χ0v) is 12.7. The number of thiazole rings is 1. The lowest BCUT2D eigenvalue weighted by atomic mass is 10.1. The van der Waals surface area contributed by atoms with Gasteiger partial charge in [0.2, 0.25) is 0 Å². The van der Waals surface area contributed by atoms with Crippen molar-refractivity contribution >= 4 is 11.3 Å². The molecule has 1 atom stereocenters. The largest absolute Gasteiger partial charge is 0.487 e. The van der Waals surface area contributed by atoms with Crippen molar-refractivity contribution < 1.29 is 9.13 Å². The van der Waals surface area contributed by atoms with Gasteiger partial charge in [-0.05, 0) is 25.1 Å². The molecule has 0 aliphatic heterocycles. The molecular formula is C15H19FN2OS. The molecule has 1 heterocycles. The van der Waals surface area contributed by atoms with Gasteiger partial charge in [-0.3, -0.25) is 0 Å². The Balaban J connectivity index is 2.10. The Morgan fingerprint density at radius 2 is 2.10 bits per heavy atom. The van der Waals surface area contributed by atoms with Crippen LogP contribution >= 0.6 is 11.3 Å². The molecule has 3 nitrogen and oxygen atoms in total. The van der Waals surface area contributed by atoms with Gasteiger partial charge in [0, 0.05) is 22.9 Å². The second-order valence-corrected chi connectivity index (χ2v) is 5.98. The van der Waals surface area contributed by atoms with Gasteiger partial charge in [-0.2, -0.15) is 0 Å². The van der Waals surface area contributed by atoms with Crippen molar-refractivity contribution in [3.63, 3.8) is 0 Å². The maximum absolute atomic E-state index is 13.2. The van der Waals surface area contributed by atoms with Crippen LogP contribution in [0.5, 0.6) is 5.75 Å². The average Bonchev–Trinajstić information content (AvgIpc) is 2.86. The molecule has 5 heteroatoms. The smallest absolute Gasteiger partial charge is 0.131 e. The van der Waals surface area contributed by atoms with E-state index in [2.05, 4.69) is 18.8 Å². The van der Waals surface area contributed by atoms with Crippen LogP contribution in [-0.2, 0) is 6.61 Å². The first-order valence-corrected chi connectivity index (χ1v) is 7.47. The molecule has 1 aromatic carbocycles. The third-order valence-electron chi connectivity index (χ3n) is 2.90. The topological polar surface area (TPSA) is 48.1 Å². The molecule has 2 aromatic rings. The van der Waals surface area contributed by atoms with Gasteiger partial charge in [-0.1, -0.05) is 13.8 Å². The standard InChI is InChI=1S/C15H19FN2OS/c1-9(2)15-18-12(8-20-15)7-19-14-5-4-11(16)6-13(14)10(3)17/h4-6,8-10H,7,17H2,1-3H3. The van der Waals surface area contributed by atoms with Crippen molar-refractivity contribution in [1.29, 1.82) is 0 Å². The molecule has 0 bridgehead atoms. The maximum Gasteiger partial charge on any atom is 0.131 e. The molecule has 0 aliphatic rings. The number of benzene rings is 1. The summed E-state index contributed by atoms with van der Waals surface area (Å²) in [5.41, 5.74) is 7.39. The summed E-state index contributed by atoms with van der Waals surface area (Å²) in [4.78, 5) is 4.51. The van der Waals surface area contributed by atoms with Crippen LogP contribution in [0.25, 0.3) is 0 Å². The molecule has 1 aromatic heterocycles. The predicted octanol–water partition coefficient (Wildman–Crippen LogP) is 4.00. The quantitative estimate of drug-likeness (QED) is 0.906. The van der Waals surface area contributed by atoms with E-state index in [1.165, 1.54) is 12.1 Å². The fourth-order valence-electron chi connectivity index (χ4n) is 1.81. The first-order valence-electron chi connectivity index (χ1n) is 6.59. The van der Waals surface area contributed by atoms with Crippen molar-refractivity contribution in [2.45, 2.75) is 39.3 Å². The van der Waals surface area contributed by atoms with Gasteiger partial charge in [-0.15, -0.1) is 11.3 Å². The highest BCUT2D eigenvalue weighted by Gasteiger charge is 2.11. The van der Waals surface area contributed by atoms with Crippen molar-refractivity contribution in [2.75, 3.05) is 0 Å². The van der Waals surface area contributed by atoms with E-state index in [0.29, 0.717) is 23.8 Å². The Kier molecular flexibility index (Phi) is 4.73. The second-order valence-electron chi connectivity index (χ2n) is 5.09. The van der Waals surface area contributed by atoms with Crippen LogP contribution in [0, 0.1) is 5.82 Å². The van der Waals surface area contributed by atoms with E-state index in [9.17, 15) is 4.39 Å². The van der Waals surface area contributed by atoms with Crippen molar-refractivity contribution in [3.05, 3.63) is 45.7 Å². The van der Waals surface area contributed by atoms with Crippen molar-refractivity contribution in [1.82, 2.24) is 4.98 Å². The molecule has 20 heavy (non-hydrogen) atoms. The molecule has 2 N–H and O–H groups in total. The van der Waals surface area contributed by atoms with Crippen LogP contribution in [0.3, 0.4) is 0 Å². The maximum atomic E-state index is 13.2. The van der Waals surface area contributed by atoms with Gasteiger partial charge in [0.05, 0.1) is 10.7 Å². The molecule has 0 saturated heterocycles. The summed E-state index contributed by atoms with van der Waals surface area (Å²) in [5, 5.41) is 3.08. The van der Waals surface area contributed by atoms with Crippen molar-refractivity contribution in [3.8, 4) is 5.75 Å².